The summed E-state index contributed by atoms with van der Waals surface area (Å²) in [5.41, 5.74) is 10.7. The molecule has 2 heterocycles. The summed E-state index contributed by atoms with van der Waals surface area (Å²) < 4.78 is 7.81. The van der Waals surface area contributed by atoms with Crippen LogP contribution in [-0.4, -0.2) is 23.7 Å². The van der Waals surface area contributed by atoms with E-state index in [1.54, 1.807) is 0 Å². The second-order valence-electron chi connectivity index (χ2n) is 9.71. The van der Waals surface area contributed by atoms with Gasteiger partial charge >= 0.3 is 0 Å². The zero-order chi connectivity index (χ0) is 21.8. The maximum atomic E-state index is 13.3. The molecule has 162 valence electrons. The zero-order valence-electron chi connectivity index (χ0n) is 18.4. The van der Waals surface area contributed by atoms with E-state index in [0.717, 1.165) is 53.0 Å². The molecule has 1 aliphatic heterocycles. The van der Waals surface area contributed by atoms with Crippen LogP contribution < -0.4 is 21.1 Å². The van der Waals surface area contributed by atoms with Crippen molar-refractivity contribution >= 4 is 28.2 Å². The number of carbonyl (C=O) groups excluding carboxylic acids is 1. The fraction of sp³-hybridized carbons (Fsp3) is 0.400. The first kappa shape index (κ1) is 19.9. The van der Waals surface area contributed by atoms with Crippen molar-refractivity contribution < 1.29 is 9.53 Å². The lowest BCUT2D eigenvalue weighted by molar-refractivity contribution is -0.118. The highest BCUT2D eigenvalue weighted by atomic mass is 16.5. The fourth-order valence-electron chi connectivity index (χ4n) is 4.65. The molecule has 1 saturated carbocycles. The molecule has 0 saturated heterocycles. The van der Waals surface area contributed by atoms with Crippen LogP contribution in [0.15, 0.2) is 42.5 Å². The normalized spacial score (nSPS) is 16.5. The predicted molar refractivity (Wildman–Crippen MR) is 125 cm³/mol. The minimum absolute atomic E-state index is 0.0149. The van der Waals surface area contributed by atoms with Gasteiger partial charge in [-0.2, -0.15) is 0 Å². The number of aromatic nitrogens is 1. The Kier molecular flexibility index (Phi) is 4.52. The summed E-state index contributed by atoms with van der Waals surface area (Å²) in [6, 6.07) is 14.4. The molecule has 3 aromatic rings. The Morgan fingerprint density at radius 3 is 2.71 bits per heavy atom. The maximum absolute atomic E-state index is 13.3. The molecule has 1 aromatic heterocycles. The summed E-state index contributed by atoms with van der Waals surface area (Å²) in [6.45, 7) is 8.49. The third-order valence-corrected chi connectivity index (χ3v) is 6.49. The first-order valence-electron chi connectivity index (χ1n) is 11.0. The van der Waals surface area contributed by atoms with Gasteiger partial charge in [-0.15, -0.1) is 0 Å². The highest BCUT2D eigenvalue weighted by Gasteiger charge is 2.51. The van der Waals surface area contributed by atoms with Gasteiger partial charge in [0.05, 0.1) is 11.1 Å². The lowest BCUT2D eigenvalue weighted by Gasteiger charge is -2.21. The second-order valence-corrected chi connectivity index (χ2v) is 9.71. The van der Waals surface area contributed by atoms with E-state index in [1.807, 2.05) is 18.2 Å². The maximum Gasteiger partial charge on any atom is 0.235 e. The summed E-state index contributed by atoms with van der Waals surface area (Å²) in [5.74, 6) is 0.908. The summed E-state index contributed by atoms with van der Waals surface area (Å²) in [4.78, 5) is 13.3. The van der Waals surface area contributed by atoms with Gasteiger partial charge in [0.2, 0.25) is 5.91 Å². The van der Waals surface area contributed by atoms with Crippen LogP contribution in [0.25, 0.3) is 10.9 Å². The van der Waals surface area contributed by atoms with Crippen LogP contribution in [0.5, 0.6) is 5.75 Å². The quantitative estimate of drug-likeness (QED) is 0.576. The van der Waals surface area contributed by atoms with E-state index < -0.39 is 5.41 Å². The highest BCUT2D eigenvalue weighted by molar-refractivity contribution is 6.02. The average Bonchev–Trinajstić information content (AvgIpc) is 3.27. The summed E-state index contributed by atoms with van der Waals surface area (Å²) >= 11 is 0. The largest absolute Gasteiger partial charge is 0.471 e. The van der Waals surface area contributed by atoms with Crippen molar-refractivity contribution in [2.24, 2.45) is 5.73 Å². The number of hydrogen-bond donors (Lipinski definition) is 3. The smallest absolute Gasteiger partial charge is 0.235 e. The van der Waals surface area contributed by atoms with Crippen molar-refractivity contribution in [3.63, 3.8) is 0 Å². The molecule has 2 aliphatic rings. The molecule has 1 amide bonds. The fourth-order valence-corrected chi connectivity index (χ4v) is 4.65. The Morgan fingerprint density at radius 2 is 2.00 bits per heavy atom. The Morgan fingerprint density at radius 1 is 1.19 bits per heavy atom. The standard InChI is InChI=1S/C25H30N4O2/c1-24(2,3)22-13-16-12-18(5-6-20(16)29(22)11-10-26)28-23(30)25(8-9-25)17-4-7-21-19(14-17)27-15-31-21/h4-7,12-14,27H,8-11,15,26H2,1-3H3,(H,28,30). The van der Waals surface area contributed by atoms with Gasteiger partial charge in [-0.3, -0.25) is 4.79 Å². The monoisotopic (exact) mass is 418 g/mol. The molecule has 0 bridgehead atoms. The van der Waals surface area contributed by atoms with Crippen LogP contribution in [0.2, 0.25) is 0 Å². The number of rotatable bonds is 5. The van der Waals surface area contributed by atoms with Crippen molar-refractivity contribution in [1.29, 1.82) is 0 Å². The van der Waals surface area contributed by atoms with E-state index in [-0.39, 0.29) is 11.3 Å². The number of nitrogens with one attached hydrogen (secondary N) is 2. The molecule has 0 unspecified atom stereocenters. The van der Waals surface area contributed by atoms with Gasteiger partial charge in [-0.1, -0.05) is 26.8 Å². The first-order valence-corrected chi connectivity index (χ1v) is 11.0. The minimum Gasteiger partial charge on any atom is -0.471 e. The van der Waals surface area contributed by atoms with Crippen LogP contribution in [0.1, 0.15) is 44.9 Å². The van der Waals surface area contributed by atoms with E-state index in [9.17, 15) is 4.79 Å². The molecule has 1 aliphatic carbocycles. The van der Waals surface area contributed by atoms with E-state index in [4.69, 9.17) is 10.5 Å². The average molecular weight is 419 g/mol. The number of hydrogen-bond acceptors (Lipinski definition) is 4. The third-order valence-electron chi connectivity index (χ3n) is 6.49. The SMILES string of the molecule is CC(C)(C)c1cc2cc(NC(=O)C3(c4ccc5c(c4)NCO5)CC3)ccc2n1CCN. The molecule has 0 spiro atoms. The molecular formula is C25H30N4O2. The Labute approximate surface area is 182 Å². The molecule has 5 rings (SSSR count). The molecule has 0 radical (unpaired) electrons. The number of fused-ring (bicyclic) bond motifs is 2. The summed E-state index contributed by atoms with van der Waals surface area (Å²) in [5, 5.41) is 7.52. The van der Waals surface area contributed by atoms with Crippen molar-refractivity contribution in [2.75, 3.05) is 23.9 Å². The Balaban J connectivity index is 1.43. The number of carbonyl (C=O) groups is 1. The molecule has 6 nitrogen and oxygen atoms in total. The van der Waals surface area contributed by atoms with Gasteiger partial charge in [-0.05, 0) is 54.8 Å². The lowest BCUT2D eigenvalue weighted by Crippen LogP contribution is -2.27. The Bertz CT molecular complexity index is 1170. The van der Waals surface area contributed by atoms with E-state index in [0.29, 0.717) is 13.3 Å². The highest BCUT2D eigenvalue weighted by Crippen LogP contribution is 2.50. The number of ether oxygens (including phenoxy) is 1. The molecule has 31 heavy (non-hydrogen) atoms. The number of benzene rings is 2. The summed E-state index contributed by atoms with van der Waals surface area (Å²) in [6.07, 6.45) is 1.73. The van der Waals surface area contributed by atoms with Crippen LogP contribution in [-0.2, 0) is 22.2 Å². The number of nitrogens with two attached hydrogens (primary N) is 1. The number of anilines is 2. The summed E-state index contributed by atoms with van der Waals surface area (Å²) in [7, 11) is 0. The van der Waals surface area contributed by atoms with Gasteiger partial charge in [0, 0.05) is 40.8 Å². The Hall–Kier alpha value is -2.99. The molecule has 0 atom stereocenters. The van der Waals surface area contributed by atoms with E-state index >= 15 is 0 Å². The predicted octanol–water partition coefficient (Wildman–Crippen LogP) is 4.33. The number of nitrogens with zero attached hydrogens (tertiary/aromatic N) is 1. The van der Waals surface area contributed by atoms with Crippen molar-refractivity contribution in [2.45, 2.75) is 51.0 Å². The molecule has 4 N–H and O–H groups in total. The van der Waals surface area contributed by atoms with Gasteiger partial charge < -0.3 is 25.7 Å². The number of amides is 1. The molecule has 1 fully saturated rings. The first-order chi connectivity index (χ1) is 14.8. The van der Waals surface area contributed by atoms with Crippen LogP contribution in [0.3, 0.4) is 0 Å². The van der Waals surface area contributed by atoms with E-state index in [2.05, 4.69) is 60.2 Å². The van der Waals surface area contributed by atoms with Gasteiger partial charge in [0.15, 0.2) is 6.73 Å². The zero-order valence-corrected chi connectivity index (χ0v) is 18.4. The van der Waals surface area contributed by atoms with Crippen molar-refractivity contribution in [1.82, 2.24) is 4.57 Å². The molecular weight excluding hydrogens is 388 g/mol. The molecule has 6 heteroatoms. The van der Waals surface area contributed by atoms with Crippen molar-refractivity contribution in [3.8, 4) is 5.75 Å². The van der Waals surface area contributed by atoms with Crippen LogP contribution >= 0.6 is 0 Å². The van der Waals surface area contributed by atoms with Gasteiger partial charge in [0.1, 0.15) is 5.75 Å². The van der Waals surface area contributed by atoms with Gasteiger partial charge in [-0.25, -0.2) is 0 Å². The third kappa shape index (κ3) is 3.35. The van der Waals surface area contributed by atoms with Crippen LogP contribution in [0, 0.1) is 0 Å². The molecule has 2 aromatic carbocycles. The minimum atomic E-state index is -0.448. The van der Waals surface area contributed by atoms with E-state index in [1.165, 1.54) is 5.69 Å². The second kappa shape index (κ2) is 7.02. The topological polar surface area (TPSA) is 81.3 Å². The lowest BCUT2D eigenvalue weighted by atomic mass is 9.92. The van der Waals surface area contributed by atoms with Crippen LogP contribution in [0.4, 0.5) is 11.4 Å². The van der Waals surface area contributed by atoms with Crippen molar-refractivity contribution in [3.05, 3.63) is 53.7 Å². The van der Waals surface area contributed by atoms with Gasteiger partial charge in [0.25, 0.3) is 0 Å².